The molecule has 19 heavy (non-hydrogen) atoms. The van der Waals surface area contributed by atoms with Crippen molar-refractivity contribution in [2.45, 2.75) is 25.8 Å². The lowest BCUT2D eigenvalue weighted by Gasteiger charge is -2.19. The average molecular weight is 390 g/mol. The molecule has 0 fully saturated rings. The highest BCUT2D eigenvalue weighted by molar-refractivity contribution is 14.1. The highest BCUT2D eigenvalue weighted by atomic mass is 127. The number of nitrogens with one attached hydrogen (secondary N) is 1. The van der Waals surface area contributed by atoms with Crippen LogP contribution in [0.3, 0.4) is 0 Å². The van der Waals surface area contributed by atoms with Crippen molar-refractivity contribution in [2.24, 2.45) is 0 Å². The van der Waals surface area contributed by atoms with Gasteiger partial charge < -0.3 is 9.73 Å². The van der Waals surface area contributed by atoms with E-state index in [1.165, 1.54) is 9.13 Å². The summed E-state index contributed by atoms with van der Waals surface area (Å²) in [5.74, 6) is 0.990. The van der Waals surface area contributed by atoms with Gasteiger partial charge in [-0.3, -0.25) is 0 Å². The van der Waals surface area contributed by atoms with Crippen LogP contribution < -0.4 is 5.32 Å². The summed E-state index contributed by atoms with van der Waals surface area (Å²) in [5, 5.41) is 4.34. The molecule has 1 heterocycles. The zero-order valence-electron chi connectivity index (χ0n) is 10.8. The Kier molecular flexibility index (Phi) is 5.73. The van der Waals surface area contributed by atoms with Crippen LogP contribution in [0.15, 0.2) is 41.0 Å². The van der Waals surface area contributed by atoms with E-state index in [4.69, 9.17) is 16.0 Å². The van der Waals surface area contributed by atoms with E-state index in [1.54, 1.807) is 6.26 Å². The minimum Gasteiger partial charge on any atom is -0.469 e. The van der Waals surface area contributed by atoms with Gasteiger partial charge in [-0.05, 0) is 71.5 Å². The molecule has 2 nitrogen and oxygen atoms in total. The third-order valence-corrected chi connectivity index (χ3v) is 4.18. The molecule has 0 aliphatic rings. The van der Waals surface area contributed by atoms with E-state index in [0.29, 0.717) is 0 Å². The van der Waals surface area contributed by atoms with Crippen molar-refractivity contribution in [2.75, 3.05) is 6.54 Å². The summed E-state index contributed by atoms with van der Waals surface area (Å²) in [5.41, 5.74) is 1.23. The van der Waals surface area contributed by atoms with E-state index < -0.39 is 0 Å². The Labute approximate surface area is 132 Å². The van der Waals surface area contributed by atoms with Crippen molar-refractivity contribution in [3.05, 3.63) is 56.5 Å². The maximum absolute atomic E-state index is 6.12. The van der Waals surface area contributed by atoms with Gasteiger partial charge in [-0.25, -0.2) is 0 Å². The lowest BCUT2D eigenvalue weighted by atomic mass is 10.0. The fourth-order valence-electron chi connectivity index (χ4n) is 2.02. The number of hydrogen-bond acceptors (Lipinski definition) is 2. The molecule has 2 rings (SSSR count). The largest absolute Gasteiger partial charge is 0.469 e. The third-order valence-electron chi connectivity index (χ3n) is 2.96. The van der Waals surface area contributed by atoms with Crippen LogP contribution in [0.1, 0.15) is 30.7 Å². The first-order valence-corrected chi connectivity index (χ1v) is 7.87. The van der Waals surface area contributed by atoms with Crippen LogP contribution in [0.2, 0.25) is 5.02 Å². The fourth-order valence-corrected chi connectivity index (χ4v) is 2.91. The molecular weight excluding hydrogens is 373 g/mol. The molecule has 0 aliphatic heterocycles. The summed E-state index contributed by atoms with van der Waals surface area (Å²) in [6.45, 7) is 3.15. The van der Waals surface area contributed by atoms with Gasteiger partial charge in [0.1, 0.15) is 5.76 Å². The third kappa shape index (κ3) is 4.23. The zero-order valence-corrected chi connectivity index (χ0v) is 13.7. The van der Waals surface area contributed by atoms with Crippen LogP contribution in [0.4, 0.5) is 0 Å². The molecule has 4 heteroatoms. The molecule has 1 N–H and O–H groups in total. The number of benzene rings is 1. The maximum Gasteiger partial charge on any atom is 0.105 e. The highest BCUT2D eigenvalue weighted by Crippen LogP contribution is 2.26. The Morgan fingerprint density at radius 1 is 1.37 bits per heavy atom. The minimum atomic E-state index is 0.233. The first kappa shape index (κ1) is 14.9. The van der Waals surface area contributed by atoms with Crippen molar-refractivity contribution in [1.29, 1.82) is 0 Å². The highest BCUT2D eigenvalue weighted by Gasteiger charge is 2.16. The average Bonchev–Trinajstić information content (AvgIpc) is 2.90. The first-order valence-electron chi connectivity index (χ1n) is 6.41. The predicted octanol–water partition coefficient (Wildman–Crippen LogP) is 4.82. The van der Waals surface area contributed by atoms with Crippen molar-refractivity contribution in [3.63, 3.8) is 0 Å². The second kappa shape index (κ2) is 7.31. The van der Waals surface area contributed by atoms with Crippen LogP contribution in [0.5, 0.6) is 0 Å². The van der Waals surface area contributed by atoms with Gasteiger partial charge in [0.2, 0.25) is 0 Å². The molecular formula is C15H17ClINO. The van der Waals surface area contributed by atoms with Crippen molar-refractivity contribution in [1.82, 2.24) is 5.32 Å². The molecule has 0 aliphatic carbocycles. The molecule has 1 aromatic carbocycles. The van der Waals surface area contributed by atoms with Gasteiger partial charge in [-0.1, -0.05) is 18.5 Å². The molecule has 0 amide bonds. The summed E-state index contributed by atoms with van der Waals surface area (Å²) >= 11 is 8.48. The lowest BCUT2D eigenvalue weighted by molar-refractivity contribution is 0.448. The second-order valence-electron chi connectivity index (χ2n) is 4.46. The van der Waals surface area contributed by atoms with Gasteiger partial charge in [0, 0.05) is 21.1 Å². The smallest absolute Gasteiger partial charge is 0.105 e. The first-order chi connectivity index (χ1) is 9.20. The number of hydrogen-bond donors (Lipinski definition) is 1. The topological polar surface area (TPSA) is 25.2 Å². The molecule has 0 saturated carbocycles. The second-order valence-corrected chi connectivity index (χ2v) is 6.05. The van der Waals surface area contributed by atoms with Gasteiger partial charge >= 0.3 is 0 Å². The molecule has 0 spiro atoms. The molecule has 1 aromatic heterocycles. The lowest BCUT2D eigenvalue weighted by Crippen LogP contribution is -2.24. The van der Waals surface area contributed by atoms with E-state index in [9.17, 15) is 0 Å². The van der Waals surface area contributed by atoms with Crippen LogP contribution in [0, 0.1) is 3.57 Å². The van der Waals surface area contributed by atoms with E-state index in [0.717, 1.165) is 30.2 Å². The van der Waals surface area contributed by atoms with E-state index in [2.05, 4.69) is 40.9 Å². The molecule has 1 unspecified atom stereocenters. The monoisotopic (exact) mass is 389 g/mol. The Morgan fingerprint density at radius 2 is 2.21 bits per heavy atom. The Morgan fingerprint density at radius 3 is 2.89 bits per heavy atom. The molecule has 0 saturated heterocycles. The number of rotatable bonds is 6. The van der Waals surface area contributed by atoms with E-state index in [-0.39, 0.29) is 6.04 Å². The molecule has 0 bridgehead atoms. The van der Waals surface area contributed by atoms with Gasteiger partial charge in [-0.15, -0.1) is 0 Å². The molecule has 0 radical (unpaired) electrons. The Balaban J connectivity index is 2.23. The van der Waals surface area contributed by atoms with E-state index in [1.807, 2.05) is 24.3 Å². The SMILES string of the molecule is CCCNC(Cc1ccco1)c1cc(Cl)ccc1I. The van der Waals surface area contributed by atoms with Gasteiger partial charge in [0.05, 0.1) is 6.26 Å². The zero-order chi connectivity index (χ0) is 13.7. The predicted molar refractivity (Wildman–Crippen MR) is 87.6 cm³/mol. The Bertz CT molecular complexity index is 513. The molecule has 1 atom stereocenters. The van der Waals surface area contributed by atoms with Crippen LogP contribution in [-0.2, 0) is 6.42 Å². The van der Waals surface area contributed by atoms with Crippen molar-refractivity contribution in [3.8, 4) is 0 Å². The summed E-state index contributed by atoms with van der Waals surface area (Å²) in [7, 11) is 0. The molecule has 2 aromatic rings. The minimum absolute atomic E-state index is 0.233. The standard InChI is InChI=1S/C15H17ClINO/c1-2-7-18-15(10-12-4-3-8-19-12)13-9-11(16)5-6-14(13)17/h3-6,8-9,15,18H,2,7,10H2,1H3. The van der Waals surface area contributed by atoms with Gasteiger partial charge in [0.15, 0.2) is 0 Å². The Hall–Kier alpha value is -0.520. The summed E-state index contributed by atoms with van der Waals surface area (Å²) in [6.07, 6.45) is 3.66. The van der Waals surface area contributed by atoms with E-state index >= 15 is 0 Å². The number of halogens is 2. The summed E-state index contributed by atoms with van der Waals surface area (Å²) in [4.78, 5) is 0. The van der Waals surface area contributed by atoms with Crippen LogP contribution in [0.25, 0.3) is 0 Å². The quantitative estimate of drug-likeness (QED) is 0.717. The normalized spacial score (nSPS) is 12.6. The maximum atomic E-state index is 6.12. The summed E-state index contributed by atoms with van der Waals surface area (Å²) in [6, 6.07) is 10.2. The van der Waals surface area contributed by atoms with Gasteiger partial charge in [0.25, 0.3) is 0 Å². The van der Waals surface area contributed by atoms with Crippen molar-refractivity contribution >= 4 is 34.2 Å². The number of furan rings is 1. The summed E-state index contributed by atoms with van der Waals surface area (Å²) < 4.78 is 6.68. The van der Waals surface area contributed by atoms with Crippen LogP contribution in [-0.4, -0.2) is 6.54 Å². The molecule has 102 valence electrons. The van der Waals surface area contributed by atoms with Crippen molar-refractivity contribution < 1.29 is 4.42 Å². The van der Waals surface area contributed by atoms with Crippen LogP contribution >= 0.6 is 34.2 Å². The van der Waals surface area contributed by atoms with Gasteiger partial charge in [-0.2, -0.15) is 0 Å². The fraction of sp³-hybridized carbons (Fsp3) is 0.333.